The summed E-state index contributed by atoms with van der Waals surface area (Å²) in [6.45, 7) is 8.16. The molecule has 2 rings (SSSR count). The molecule has 2 amide bonds. The predicted octanol–water partition coefficient (Wildman–Crippen LogP) is 2.84. The van der Waals surface area contributed by atoms with E-state index >= 15 is 0 Å². The number of carbonyl (C=O) groups excluding carboxylic acids is 2. The maximum atomic E-state index is 12.1. The van der Waals surface area contributed by atoms with Crippen LogP contribution in [0.5, 0.6) is 5.75 Å². The molecule has 1 aromatic carbocycles. The first kappa shape index (κ1) is 22.9. The van der Waals surface area contributed by atoms with E-state index in [0.717, 1.165) is 36.6 Å². The highest BCUT2D eigenvalue weighted by molar-refractivity contribution is 5.95. The molecule has 0 radical (unpaired) electrons. The van der Waals surface area contributed by atoms with Crippen molar-refractivity contribution in [1.82, 2.24) is 15.5 Å². The largest absolute Gasteiger partial charge is 0.497 e. The van der Waals surface area contributed by atoms with E-state index in [2.05, 4.69) is 22.5 Å². The zero-order valence-electron chi connectivity index (χ0n) is 17.9. The Kier molecular flexibility index (Phi) is 9.71. The van der Waals surface area contributed by atoms with E-state index in [4.69, 9.17) is 4.74 Å². The molecular formula is C23H35N3O3. The van der Waals surface area contributed by atoms with E-state index in [1.54, 1.807) is 20.1 Å². The Morgan fingerprint density at radius 2 is 1.90 bits per heavy atom. The van der Waals surface area contributed by atoms with Crippen LogP contribution in [0, 0.1) is 5.92 Å². The Balaban J connectivity index is 1.59. The van der Waals surface area contributed by atoms with Gasteiger partial charge in [-0.25, -0.2) is 0 Å². The van der Waals surface area contributed by atoms with Crippen molar-refractivity contribution in [1.29, 1.82) is 0 Å². The molecule has 29 heavy (non-hydrogen) atoms. The van der Waals surface area contributed by atoms with Gasteiger partial charge in [0.1, 0.15) is 11.8 Å². The van der Waals surface area contributed by atoms with Crippen molar-refractivity contribution in [2.24, 2.45) is 5.92 Å². The number of benzene rings is 1. The lowest BCUT2D eigenvalue weighted by molar-refractivity contribution is -0.126. The van der Waals surface area contributed by atoms with Crippen molar-refractivity contribution >= 4 is 17.9 Å². The first-order chi connectivity index (χ1) is 14.0. The van der Waals surface area contributed by atoms with E-state index in [9.17, 15) is 9.59 Å². The minimum Gasteiger partial charge on any atom is -0.497 e. The second kappa shape index (κ2) is 12.3. The topological polar surface area (TPSA) is 70.7 Å². The highest BCUT2D eigenvalue weighted by atomic mass is 16.5. The lowest BCUT2D eigenvalue weighted by Crippen LogP contribution is -2.44. The van der Waals surface area contributed by atoms with Gasteiger partial charge in [-0.15, -0.1) is 0 Å². The van der Waals surface area contributed by atoms with Gasteiger partial charge >= 0.3 is 0 Å². The summed E-state index contributed by atoms with van der Waals surface area (Å²) in [7, 11) is 1.61. The smallest absolute Gasteiger partial charge is 0.244 e. The van der Waals surface area contributed by atoms with Crippen LogP contribution in [-0.2, 0) is 9.59 Å². The minimum atomic E-state index is -0.563. The monoisotopic (exact) mass is 401 g/mol. The Labute approximate surface area is 174 Å². The first-order valence-corrected chi connectivity index (χ1v) is 10.6. The Bertz CT molecular complexity index is 664. The van der Waals surface area contributed by atoms with Crippen molar-refractivity contribution in [3.63, 3.8) is 0 Å². The zero-order chi connectivity index (χ0) is 21.1. The maximum absolute atomic E-state index is 12.1. The van der Waals surface area contributed by atoms with Crippen LogP contribution in [0.2, 0.25) is 0 Å². The molecule has 1 heterocycles. The number of hydrogen-bond acceptors (Lipinski definition) is 4. The van der Waals surface area contributed by atoms with E-state index in [1.807, 2.05) is 24.3 Å². The van der Waals surface area contributed by atoms with Crippen LogP contribution in [-0.4, -0.2) is 56.0 Å². The second-order valence-electron chi connectivity index (χ2n) is 7.86. The third-order valence-electron chi connectivity index (χ3n) is 5.37. The molecule has 1 saturated heterocycles. The highest BCUT2D eigenvalue weighted by Crippen LogP contribution is 2.16. The number of likely N-dealkylation sites (tertiary alicyclic amines) is 1. The third-order valence-corrected chi connectivity index (χ3v) is 5.37. The summed E-state index contributed by atoms with van der Waals surface area (Å²) < 4.78 is 5.11. The summed E-state index contributed by atoms with van der Waals surface area (Å²) in [6.07, 6.45) is 7.77. The molecule has 1 unspecified atom stereocenters. The number of nitrogens with one attached hydrogen (secondary N) is 2. The van der Waals surface area contributed by atoms with Crippen LogP contribution in [0.3, 0.4) is 0 Å². The van der Waals surface area contributed by atoms with Crippen molar-refractivity contribution in [2.45, 2.75) is 45.6 Å². The molecule has 2 N–H and O–H groups in total. The fraction of sp³-hybridized carbons (Fsp3) is 0.565. The van der Waals surface area contributed by atoms with E-state index in [0.29, 0.717) is 6.54 Å². The molecule has 1 aliphatic rings. The molecule has 1 aliphatic heterocycles. The molecule has 1 aromatic rings. The molecule has 0 saturated carbocycles. The summed E-state index contributed by atoms with van der Waals surface area (Å²) in [5, 5.41) is 5.61. The van der Waals surface area contributed by atoms with Gasteiger partial charge in [-0.3, -0.25) is 9.59 Å². The lowest BCUT2D eigenvalue weighted by Gasteiger charge is -2.30. The Morgan fingerprint density at radius 3 is 2.55 bits per heavy atom. The van der Waals surface area contributed by atoms with Crippen LogP contribution in [0.15, 0.2) is 30.3 Å². The number of rotatable bonds is 10. The predicted molar refractivity (Wildman–Crippen MR) is 117 cm³/mol. The molecular weight excluding hydrogens is 366 g/mol. The Hall–Kier alpha value is -2.34. The normalized spacial score (nSPS) is 16.5. The van der Waals surface area contributed by atoms with Crippen LogP contribution in [0.1, 0.15) is 45.1 Å². The summed E-state index contributed by atoms with van der Waals surface area (Å²) in [5.41, 5.74) is 0.890. The second-order valence-corrected chi connectivity index (χ2v) is 7.86. The number of methoxy groups -OCH3 is 1. The molecule has 1 atom stereocenters. The molecule has 0 aromatic heterocycles. The minimum absolute atomic E-state index is 0.150. The summed E-state index contributed by atoms with van der Waals surface area (Å²) >= 11 is 0. The maximum Gasteiger partial charge on any atom is 0.244 e. The van der Waals surface area contributed by atoms with Gasteiger partial charge < -0.3 is 20.3 Å². The molecule has 6 heteroatoms. The number of nitrogens with zero attached hydrogens (tertiary/aromatic N) is 1. The number of ether oxygens (including phenoxy) is 1. The number of amides is 2. The van der Waals surface area contributed by atoms with Crippen LogP contribution >= 0.6 is 0 Å². The summed E-state index contributed by atoms with van der Waals surface area (Å²) in [6, 6.07) is 6.83. The zero-order valence-corrected chi connectivity index (χ0v) is 17.9. The molecule has 0 aliphatic carbocycles. The molecule has 6 nitrogen and oxygen atoms in total. The summed E-state index contributed by atoms with van der Waals surface area (Å²) in [5.74, 6) is 1.18. The quantitative estimate of drug-likeness (QED) is 0.467. The highest BCUT2D eigenvalue weighted by Gasteiger charge is 2.15. The van der Waals surface area contributed by atoms with Crippen LogP contribution in [0.4, 0.5) is 0 Å². The SMILES string of the molecule is COc1ccc(C=CC(=O)NC(C)C(=O)NCCCCN2CCC(C)CC2)cc1. The average molecular weight is 402 g/mol. The van der Waals surface area contributed by atoms with Gasteiger partial charge in [0.05, 0.1) is 7.11 Å². The molecule has 0 spiro atoms. The first-order valence-electron chi connectivity index (χ1n) is 10.6. The average Bonchev–Trinajstić information content (AvgIpc) is 2.73. The number of unbranched alkanes of at least 4 members (excludes halogenated alkanes) is 1. The van der Waals surface area contributed by atoms with Crippen molar-refractivity contribution < 1.29 is 14.3 Å². The number of piperidine rings is 1. The van der Waals surface area contributed by atoms with Crippen LogP contribution < -0.4 is 15.4 Å². The Morgan fingerprint density at radius 1 is 1.21 bits per heavy atom. The standard InChI is InChI=1S/C23H35N3O3/c1-18-12-16-26(17-13-18)15-5-4-14-24-23(28)19(2)25-22(27)11-8-20-6-9-21(29-3)10-7-20/h6-11,18-19H,4-5,12-17H2,1-3H3,(H,24,28)(H,25,27). The third kappa shape index (κ3) is 8.69. The van der Waals surface area contributed by atoms with E-state index < -0.39 is 6.04 Å². The van der Waals surface area contributed by atoms with E-state index in [1.165, 1.54) is 32.0 Å². The molecule has 160 valence electrons. The van der Waals surface area contributed by atoms with Gasteiger partial charge in [-0.1, -0.05) is 19.1 Å². The molecule has 0 bridgehead atoms. The van der Waals surface area contributed by atoms with Gasteiger partial charge in [0, 0.05) is 12.6 Å². The van der Waals surface area contributed by atoms with Gasteiger partial charge in [0.2, 0.25) is 11.8 Å². The fourth-order valence-electron chi connectivity index (χ4n) is 3.32. The molecule has 1 fully saturated rings. The van der Waals surface area contributed by atoms with Crippen molar-refractivity contribution in [2.75, 3.05) is 33.3 Å². The van der Waals surface area contributed by atoms with E-state index in [-0.39, 0.29) is 11.8 Å². The van der Waals surface area contributed by atoms with Gasteiger partial charge in [-0.2, -0.15) is 0 Å². The van der Waals surface area contributed by atoms with Gasteiger partial charge in [0.15, 0.2) is 0 Å². The van der Waals surface area contributed by atoms with Crippen molar-refractivity contribution in [3.05, 3.63) is 35.9 Å². The fourth-order valence-corrected chi connectivity index (χ4v) is 3.32. The van der Waals surface area contributed by atoms with Gasteiger partial charge in [-0.05, 0) is 81.9 Å². The van der Waals surface area contributed by atoms with Gasteiger partial charge in [0.25, 0.3) is 0 Å². The number of hydrogen-bond donors (Lipinski definition) is 2. The number of carbonyl (C=O) groups is 2. The van der Waals surface area contributed by atoms with Crippen LogP contribution in [0.25, 0.3) is 6.08 Å². The summed E-state index contributed by atoms with van der Waals surface area (Å²) in [4.78, 5) is 26.7. The van der Waals surface area contributed by atoms with Crippen molar-refractivity contribution in [3.8, 4) is 5.75 Å². The lowest BCUT2D eigenvalue weighted by atomic mass is 9.99.